The molecule has 0 N–H and O–H groups in total. The molecule has 0 amide bonds. The molecule has 16 heavy (non-hydrogen) atoms. The Bertz CT molecular complexity index is 520. The fraction of sp³-hybridized carbons (Fsp3) is 0.0769. The van der Waals surface area contributed by atoms with Crippen LogP contribution in [0.4, 0.5) is 0 Å². The number of halogens is 1. The Morgan fingerprint density at radius 3 is 2.38 bits per heavy atom. The molecule has 2 nitrogen and oxygen atoms in total. The van der Waals surface area contributed by atoms with Crippen LogP contribution in [0.3, 0.4) is 0 Å². The second-order valence-electron chi connectivity index (χ2n) is 3.50. The summed E-state index contributed by atoms with van der Waals surface area (Å²) in [6, 6.07) is 11.3. The molecule has 3 heteroatoms. The Labute approximate surface area is 102 Å². The van der Waals surface area contributed by atoms with Crippen molar-refractivity contribution < 1.29 is 4.79 Å². The smallest absolute Gasteiger partial charge is 0.150 e. The molecule has 0 aliphatic heterocycles. The molecule has 80 valence electrons. The van der Waals surface area contributed by atoms with Gasteiger partial charge in [-0.25, -0.2) is 0 Å². The first kappa shape index (κ1) is 11.0. The Kier molecular flexibility index (Phi) is 3.15. The van der Waals surface area contributed by atoms with E-state index >= 15 is 0 Å². The van der Waals surface area contributed by atoms with Crippen LogP contribution in [0.2, 0.25) is 0 Å². The number of aldehydes is 1. The second kappa shape index (κ2) is 4.58. The van der Waals surface area contributed by atoms with Crippen LogP contribution in [0.15, 0.2) is 40.9 Å². The monoisotopic (exact) mass is 275 g/mol. The zero-order valence-corrected chi connectivity index (χ0v) is 10.4. The van der Waals surface area contributed by atoms with Crippen molar-refractivity contribution in [1.29, 1.82) is 0 Å². The summed E-state index contributed by atoms with van der Waals surface area (Å²) in [5.41, 5.74) is 3.56. The summed E-state index contributed by atoms with van der Waals surface area (Å²) in [4.78, 5) is 15.0. The number of pyridine rings is 1. The molecule has 0 radical (unpaired) electrons. The number of hydrogen-bond donors (Lipinski definition) is 0. The van der Waals surface area contributed by atoms with Gasteiger partial charge in [0.25, 0.3) is 0 Å². The van der Waals surface area contributed by atoms with Gasteiger partial charge in [-0.1, -0.05) is 24.3 Å². The lowest BCUT2D eigenvalue weighted by Crippen LogP contribution is -1.88. The van der Waals surface area contributed by atoms with Gasteiger partial charge in [-0.15, -0.1) is 0 Å². The van der Waals surface area contributed by atoms with E-state index in [1.165, 1.54) is 0 Å². The van der Waals surface area contributed by atoms with E-state index in [0.29, 0.717) is 5.56 Å². The molecule has 0 aliphatic carbocycles. The van der Waals surface area contributed by atoms with Crippen LogP contribution < -0.4 is 0 Å². The molecular weight excluding hydrogens is 266 g/mol. The van der Waals surface area contributed by atoms with Crippen LogP contribution in [0.1, 0.15) is 16.1 Å². The predicted molar refractivity (Wildman–Crippen MR) is 67.5 cm³/mol. The fourth-order valence-corrected chi connectivity index (χ4v) is 1.66. The van der Waals surface area contributed by atoms with Gasteiger partial charge in [0.05, 0.1) is 11.4 Å². The van der Waals surface area contributed by atoms with E-state index in [-0.39, 0.29) is 0 Å². The SMILES string of the molecule is Cc1nc(-c2ccc(C=O)cc2)ccc1Br. The van der Waals surface area contributed by atoms with Crippen molar-refractivity contribution in [1.82, 2.24) is 4.98 Å². The highest BCUT2D eigenvalue weighted by Crippen LogP contribution is 2.21. The molecule has 0 spiro atoms. The molecule has 0 atom stereocenters. The average molecular weight is 276 g/mol. The largest absolute Gasteiger partial charge is 0.298 e. The normalized spacial score (nSPS) is 10.1. The summed E-state index contributed by atoms with van der Waals surface area (Å²) in [6.07, 6.45) is 0.837. The van der Waals surface area contributed by atoms with Gasteiger partial charge in [-0.3, -0.25) is 9.78 Å². The van der Waals surface area contributed by atoms with Gasteiger partial charge in [0, 0.05) is 15.6 Å². The van der Waals surface area contributed by atoms with E-state index in [1.807, 2.05) is 31.2 Å². The molecule has 0 fully saturated rings. The number of aromatic nitrogens is 1. The number of aryl methyl sites for hydroxylation is 1. The summed E-state index contributed by atoms with van der Waals surface area (Å²) in [7, 11) is 0. The van der Waals surface area contributed by atoms with E-state index < -0.39 is 0 Å². The third-order valence-electron chi connectivity index (χ3n) is 2.36. The van der Waals surface area contributed by atoms with Crippen molar-refractivity contribution in [3.05, 3.63) is 52.1 Å². The van der Waals surface area contributed by atoms with Gasteiger partial charge in [-0.05, 0) is 35.0 Å². The summed E-state index contributed by atoms with van der Waals surface area (Å²) >= 11 is 3.42. The Morgan fingerprint density at radius 1 is 1.12 bits per heavy atom. The molecule has 2 rings (SSSR count). The lowest BCUT2D eigenvalue weighted by Gasteiger charge is -2.03. The van der Waals surface area contributed by atoms with Gasteiger partial charge in [-0.2, -0.15) is 0 Å². The molecule has 0 saturated heterocycles. The Hall–Kier alpha value is -1.48. The number of carbonyl (C=O) groups excluding carboxylic acids is 1. The lowest BCUT2D eigenvalue weighted by atomic mass is 10.1. The van der Waals surface area contributed by atoms with Gasteiger partial charge >= 0.3 is 0 Å². The molecule has 0 unspecified atom stereocenters. The highest BCUT2D eigenvalue weighted by molar-refractivity contribution is 9.10. The van der Waals surface area contributed by atoms with E-state index in [0.717, 1.165) is 27.7 Å². The van der Waals surface area contributed by atoms with Crippen molar-refractivity contribution in [3.8, 4) is 11.3 Å². The molecule has 0 saturated carbocycles. The van der Waals surface area contributed by atoms with Gasteiger partial charge in [0.1, 0.15) is 6.29 Å². The Morgan fingerprint density at radius 2 is 1.81 bits per heavy atom. The van der Waals surface area contributed by atoms with Gasteiger partial charge in [0.15, 0.2) is 0 Å². The van der Waals surface area contributed by atoms with Crippen LogP contribution >= 0.6 is 15.9 Å². The summed E-state index contributed by atoms with van der Waals surface area (Å²) in [5, 5.41) is 0. The van der Waals surface area contributed by atoms with E-state index in [4.69, 9.17) is 0 Å². The van der Waals surface area contributed by atoms with Crippen LogP contribution in [0.25, 0.3) is 11.3 Å². The molecule has 1 heterocycles. The zero-order valence-electron chi connectivity index (χ0n) is 8.77. The molecular formula is C13H10BrNO. The number of carbonyl (C=O) groups is 1. The summed E-state index contributed by atoms with van der Waals surface area (Å²) in [6.45, 7) is 1.95. The fourth-order valence-electron chi connectivity index (χ4n) is 1.44. The van der Waals surface area contributed by atoms with Gasteiger partial charge in [0.2, 0.25) is 0 Å². The highest BCUT2D eigenvalue weighted by atomic mass is 79.9. The molecule has 0 aliphatic rings. The second-order valence-corrected chi connectivity index (χ2v) is 4.36. The van der Waals surface area contributed by atoms with Gasteiger partial charge < -0.3 is 0 Å². The van der Waals surface area contributed by atoms with Crippen LogP contribution in [0, 0.1) is 6.92 Å². The first-order valence-electron chi connectivity index (χ1n) is 4.89. The van der Waals surface area contributed by atoms with Crippen molar-refractivity contribution in [2.45, 2.75) is 6.92 Å². The van der Waals surface area contributed by atoms with E-state index in [1.54, 1.807) is 12.1 Å². The quantitative estimate of drug-likeness (QED) is 0.784. The zero-order chi connectivity index (χ0) is 11.5. The van der Waals surface area contributed by atoms with E-state index in [9.17, 15) is 4.79 Å². The van der Waals surface area contributed by atoms with Crippen molar-refractivity contribution in [2.24, 2.45) is 0 Å². The topological polar surface area (TPSA) is 30.0 Å². The first-order valence-corrected chi connectivity index (χ1v) is 5.69. The number of hydrogen-bond acceptors (Lipinski definition) is 2. The summed E-state index contributed by atoms with van der Waals surface area (Å²) in [5.74, 6) is 0. The van der Waals surface area contributed by atoms with Crippen LogP contribution in [0.5, 0.6) is 0 Å². The maximum atomic E-state index is 10.5. The average Bonchev–Trinajstić information content (AvgIpc) is 2.33. The maximum Gasteiger partial charge on any atom is 0.150 e. The molecule has 1 aromatic heterocycles. The predicted octanol–water partition coefficient (Wildman–Crippen LogP) is 3.63. The lowest BCUT2D eigenvalue weighted by molar-refractivity contribution is 0.112. The highest BCUT2D eigenvalue weighted by Gasteiger charge is 2.02. The van der Waals surface area contributed by atoms with Crippen molar-refractivity contribution in [3.63, 3.8) is 0 Å². The third-order valence-corrected chi connectivity index (χ3v) is 3.20. The number of rotatable bonds is 2. The maximum absolute atomic E-state index is 10.5. The molecule has 2 aromatic rings. The summed E-state index contributed by atoms with van der Waals surface area (Å²) < 4.78 is 1.00. The minimum atomic E-state index is 0.678. The number of benzene rings is 1. The van der Waals surface area contributed by atoms with Crippen molar-refractivity contribution in [2.75, 3.05) is 0 Å². The minimum absolute atomic E-state index is 0.678. The van der Waals surface area contributed by atoms with Crippen LogP contribution in [-0.4, -0.2) is 11.3 Å². The minimum Gasteiger partial charge on any atom is -0.298 e. The first-order chi connectivity index (χ1) is 7.70. The molecule has 0 bridgehead atoms. The van der Waals surface area contributed by atoms with Crippen molar-refractivity contribution >= 4 is 22.2 Å². The third kappa shape index (κ3) is 2.19. The standard InChI is InChI=1S/C13H10BrNO/c1-9-12(14)6-7-13(15-9)11-4-2-10(8-16)3-5-11/h2-8H,1H3. The molecule has 1 aromatic carbocycles. The van der Waals surface area contributed by atoms with E-state index in [2.05, 4.69) is 20.9 Å². The van der Waals surface area contributed by atoms with Crippen LogP contribution in [-0.2, 0) is 0 Å². The Balaban J connectivity index is 2.42. The number of nitrogens with zero attached hydrogens (tertiary/aromatic N) is 1.